The quantitative estimate of drug-likeness (QED) is 0.203. The Morgan fingerprint density at radius 1 is 1.18 bits per heavy atom. The van der Waals surface area contributed by atoms with Crippen molar-refractivity contribution < 1.29 is 32.7 Å². The van der Waals surface area contributed by atoms with Crippen LogP contribution in [0, 0.1) is 39.9 Å². The van der Waals surface area contributed by atoms with E-state index in [1.54, 1.807) is 13.8 Å². The van der Waals surface area contributed by atoms with Crippen LogP contribution in [0.25, 0.3) is 0 Å². The molecule has 9 atom stereocenters. The van der Waals surface area contributed by atoms with Crippen LogP contribution in [0.15, 0.2) is 34.9 Å². The summed E-state index contributed by atoms with van der Waals surface area (Å²) in [7, 11) is -4.50. The molecule has 226 valence electrons. The summed E-state index contributed by atoms with van der Waals surface area (Å²) in [6.45, 7) is 19.9. The van der Waals surface area contributed by atoms with E-state index in [9.17, 15) is 28.0 Å². The van der Waals surface area contributed by atoms with Crippen molar-refractivity contribution in [2.75, 3.05) is 0 Å². The zero-order valence-electron chi connectivity index (χ0n) is 25.5. The van der Waals surface area contributed by atoms with Gasteiger partial charge in [0.25, 0.3) is 10.1 Å². The molecule has 40 heavy (non-hydrogen) atoms. The Morgan fingerprint density at radius 3 is 2.35 bits per heavy atom. The van der Waals surface area contributed by atoms with E-state index in [1.807, 2.05) is 6.92 Å². The van der Waals surface area contributed by atoms with Crippen LogP contribution in [0.2, 0.25) is 0 Å². The molecule has 4 aliphatic rings. The van der Waals surface area contributed by atoms with E-state index >= 15 is 0 Å². The molecule has 0 aliphatic heterocycles. The van der Waals surface area contributed by atoms with Gasteiger partial charge >= 0.3 is 5.97 Å². The molecule has 0 amide bonds. The molecule has 0 saturated heterocycles. The first-order valence-electron chi connectivity index (χ1n) is 14.9. The van der Waals surface area contributed by atoms with Crippen LogP contribution in [0.4, 0.5) is 0 Å². The van der Waals surface area contributed by atoms with E-state index in [1.165, 1.54) is 12.5 Å². The SMILES string of the molecule is C=C(CC[C@@H](C)[C@H]1CC=C2C3=C([C@H](O)[C@@H](OC(C)=O)[C@@]21C)[C@@]1(C)C[C@@H](O)[C@H](S(=O)(=O)O)C(C)(C)[C@@H]1CC3)C(C)C. The standard InChI is InChI=1S/C32H50O7S/c1-17(2)18(3)10-11-19(4)22-13-14-23-21-12-15-25-30(6,7)29(40(36,37)38)24(34)16-31(25,8)26(21)27(35)28(32(22,23)9)39-20(5)33/h14,17,19,22,24-25,27-29,34-35H,3,10-13,15-16H2,1-2,4-9H3,(H,36,37,38)/t19-,22-,24-,25+,27+,28-,29+,31+,32-/m1/s1. The third-order valence-electron chi connectivity index (χ3n) is 11.5. The van der Waals surface area contributed by atoms with Crippen LogP contribution in [-0.4, -0.2) is 52.7 Å². The van der Waals surface area contributed by atoms with E-state index < -0.39 is 55.9 Å². The van der Waals surface area contributed by atoms with Crippen molar-refractivity contribution in [3.05, 3.63) is 34.9 Å². The number of hydrogen-bond acceptors (Lipinski definition) is 6. The number of carbonyl (C=O) groups is 1. The zero-order valence-corrected chi connectivity index (χ0v) is 26.3. The maximum atomic E-state index is 12.5. The van der Waals surface area contributed by atoms with Crippen molar-refractivity contribution in [1.82, 2.24) is 0 Å². The molecule has 0 heterocycles. The fraction of sp³-hybridized carbons (Fsp3) is 0.781. The summed E-state index contributed by atoms with van der Waals surface area (Å²) in [5.41, 5.74) is 1.93. The number of ether oxygens (including phenoxy) is 1. The molecule has 0 aromatic carbocycles. The maximum absolute atomic E-state index is 12.5. The number of aliphatic hydroxyl groups excluding tert-OH is 2. The molecular formula is C32H50O7S. The fourth-order valence-electron chi connectivity index (χ4n) is 9.63. The average molecular weight is 579 g/mol. The lowest BCUT2D eigenvalue weighted by Crippen LogP contribution is -2.64. The molecule has 4 rings (SSSR count). The summed E-state index contributed by atoms with van der Waals surface area (Å²) < 4.78 is 40.9. The predicted molar refractivity (Wildman–Crippen MR) is 156 cm³/mol. The molecule has 1 fully saturated rings. The molecule has 0 radical (unpaired) electrons. The van der Waals surface area contributed by atoms with Crippen molar-refractivity contribution in [3.8, 4) is 0 Å². The Balaban J connectivity index is 1.80. The topological polar surface area (TPSA) is 121 Å². The summed E-state index contributed by atoms with van der Waals surface area (Å²) in [6, 6.07) is 0. The van der Waals surface area contributed by atoms with Gasteiger partial charge in [0.1, 0.15) is 17.5 Å². The summed E-state index contributed by atoms with van der Waals surface area (Å²) in [6.07, 6.45) is 3.22. The van der Waals surface area contributed by atoms with Gasteiger partial charge in [-0.3, -0.25) is 9.35 Å². The molecule has 0 spiro atoms. The highest BCUT2D eigenvalue weighted by molar-refractivity contribution is 7.86. The van der Waals surface area contributed by atoms with Gasteiger partial charge in [-0.15, -0.1) is 0 Å². The molecule has 1 saturated carbocycles. The largest absolute Gasteiger partial charge is 0.458 e. The van der Waals surface area contributed by atoms with Gasteiger partial charge in [-0.2, -0.15) is 8.42 Å². The van der Waals surface area contributed by atoms with E-state index in [2.05, 4.69) is 40.3 Å². The Morgan fingerprint density at radius 2 is 1.80 bits per heavy atom. The molecular weight excluding hydrogens is 528 g/mol. The first-order valence-corrected chi connectivity index (χ1v) is 16.4. The average Bonchev–Trinajstić information content (AvgIpc) is 3.15. The minimum absolute atomic E-state index is 0.0926. The molecule has 8 heteroatoms. The van der Waals surface area contributed by atoms with Gasteiger partial charge in [-0.25, -0.2) is 0 Å². The lowest BCUT2D eigenvalue weighted by atomic mass is 9.45. The lowest BCUT2D eigenvalue weighted by molar-refractivity contribution is -0.167. The van der Waals surface area contributed by atoms with Gasteiger partial charge < -0.3 is 14.9 Å². The monoisotopic (exact) mass is 578 g/mol. The Bertz CT molecular complexity index is 1230. The minimum Gasteiger partial charge on any atom is -0.458 e. The predicted octanol–water partition coefficient (Wildman–Crippen LogP) is 5.63. The number of allylic oxidation sites excluding steroid dienone is 3. The number of rotatable bonds is 7. The molecule has 7 nitrogen and oxygen atoms in total. The van der Waals surface area contributed by atoms with Crippen molar-refractivity contribution in [2.24, 2.45) is 39.9 Å². The molecule has 3 N–H and O–H groups in total. The Labute approximate surface area is 240 Å². The van der Waals surface area contributed by atoms with E-state index in [-0.39, 0.29) is 18.3 Å². The van der Waals surface area contributed by atoms with Crippen LogP contribution in [0.5, 0.6) is 0 Å². The normalized spacial score (nSPS) is 39.6. The second-order valence-corrected chi connectivity index (χ2v) is 16.0. The summed E-state index contributed by atoms with van der Waals surface area (Å²) in [5.74, 6) is 0.223. The number of esters is 1. The van der Waals surface area contributed by atoms with Crippen LogP contribution in [0.1, 0.15) is 93.9 Å². The van der Waals surface area contributed by atoms with Gasteiger partial charge in [-0.1, -0.05) is 66.7 Å². The molecule has 0 bridgehead atoms. The molecule has 4 aliphatic carbocycles. The molecule has 0 aromatic rings. The lowest BCUT2D eigenvalue weighted by Gasteiger charge is -2.62. The number of aliphatic hydroxyl groups is 2. The van der Waals surface area contributed by atoms with Gasteiger partial charge in [-0.05, 0) is 89.7 Å². The second-order valence-electron chi connectivity index (χ2n) is 14.5. The van der Waals surface area contributed by atoms with Crippen LogP contribution < -0.4 is 0 Å². The second kappa shape index (κ2) is 10.4. The summed E-state index contributed by atoms with van der Waals surface area (Å²) in [5, 5.41) is 22.0. The van der Waals surface area contributed by atoms with E-state index in [4.69, 9.17) is 4.74 Å². The van der Waals surface area contributed by atoms with Crippen LogP contribution in [-0.2, 0) is 19.6 Å². The van der Waals surface area contributed by atoms with Crippen molar-refractivity contribution in [1.29, 1.82) is 0 Å². The molecule has 0 aromatic heterocycles. The summed E-state index contributed by atoms with van der Waals surface area (Å²) in [4.78, 5) is 12.5. The highest BCUT2D eigenvalue weighted by Crippen LogP contribution is 2.67. The third kappa shape index (κ3) is 4.75. The summed E-state index contributed by atoms with van der Waals surface area (Å²) >= 11 is 0. The van der Waals surface area contributed by atoms with Crippen molar-refractivity contribution in [2.45, 2.75) is 117 Å². The zero-order chi connectivity index (χ0) is 30.2. The first kappa shape index (κ1) is 31.5. The van der Waals surface area contributed by atoms with E-state index in [0.717, 1.165) is 36.0 Å². The highest BCUT2D eigenvalue weighted by Gasteiger charge is 2.66. The maximum Gasteiger partial charge on any atom is 0.303 e. The number of fused-ring (bicyclic) bond motifs is 4. The van der Waals surface area contributed by atoms with Crippen molar-refractivity contribution in [3.63, 3.8) is 0 Å². The number of carbonyl (C=O) groups excluding carboxylic acids is 1. The van der Waals surface area contributed by atoms with Gasteiger partial charge in [0.15, 0.2) is 0 Å². The van der Waals surface area contributed by atoms with Crippen LogP contribution in [0.3, 0.4) is 0 Å². The highest BCUT2D eigenvalue weighted by atomic mass is 32.2. The van der Waals surface area contributed by atoms with Gasteiger partial charge in [0.2, 0.25) is 0 Å². The van der Waals surface area contributed by atoms with E-state index in [0.29, 0.717) is 24.7 Å². The minimum atomic E-state index is -4.50. The third-order valence-corrected chi connectivity index (χ3v) is 13.0. The molecule has 0 unspecified atom stereocenters. The van der Waals surface area contributed by atoms with Crippen molar-refractivity contribution >= 4 is 16.1 Å². The first-order chi connectivity index (χ1) is 18.3. The van der Waals surface area contributed by atoms with Gasteiger partial charge in [0, 0.05) is 12.3 Å². The van der Waals surface area contributed by atoms with Gasteiger partial charge in [0.05, 0.1) is 6.10 Å². The smallest absolute Gasteiger partial charge is 0.303 e. The van der Waals surface area contributed by atoms with Crippen LogP contribution >= 0.6 is 0 Å². The Kier molecular flexibility index (Phi) is 8.14. The number of hydrogen-bond donors (Lipinski definition) is 3. The Hall–Kier alpha value is -1.48. The fourth-order valence-corrected chi connectivity index (χ4v) is 11.1.